The zero-order chi connectivity index (χ0) is 30.5. The number of aromatic nitrogens is 2. The van der Waals surface area contributed by atoms with Crippen LogP contribution >= 0.6 is 0 Å². The molecule has 43 heavy (non-hydrogen) atoms. The van der Waals surface area contributed by atoms with E-state index < -0.39 is 11.8 Å². The van der Waals surface area contributed by atoms with Crippen molar-refractivity contribution in [1.29, 1.82) is 0 Å². The van der Waals surface area contributed by atoms with Crippen molar-refractivity contribution in [3.8, 4) is 0 Å². The van der Waals surface area contributed by atoms with Crippen molar-refractivity contribution in [3.63, 3.8) is 0 Å². The molecule has 2 aliphatic heterocycles. The fourth-order valence-electron chi connectivity index (χ4n) is 6.45. The molecule has 0 atom stereocenters. The number of rotatable bonds is 8. The van der Waals surface area contributed by atoms with Gasteiger partial charge < -0.3 is 15.5 Å². The SMILES string of the molecule is CNC(=O)C1=NN(C2CCCCC2)C(=O)/C1=C/C=C(/C=C/c1c(C(=O)NC)[nH]n(C2CCCCC2)c1=O)N1CCCC1=O. The van der Waals surface area contributed by atoms with Crippen LogP contribution in [0.4, 0.5) is 0 Å². The lowest BCUT2D eigenvalue weighted by molar-refractivity contribution is -0.128. The summed E-state index contributed by atoms with van der Waals surface area (Å²) in [6, 6.07) is -0.0620. The molecule has 1 aromatic rings. The number of likely N-dealkylation sites (tertiary alicyclic amines) is 1. The topological polar surface area (TPSA) is 149 Å². The van der Waals surface area contributed by atoms with Gasteiger partial charge in [0.25, 0.3) is 23.3 Å². The summed E-state index contributed by atoms with van der Waals surface area (Å²) in [7, 11) is 3.00. The fourth-order valence-corrected chi connectivity index (χ4v) is 6.45. The molecule has 3 N–H and O–H groups in total. The summed E-state index contributed by atoms with van der Waals surface area (Å²) in [5.74, 6) is -1.31. The van der Waals surface area contributed by atoms with Gasteiger partial charge in [-0.2, -0.15) is 5.10 Å². The number of nitrogens with one attached hydrogen (secondary N) is 3. The number of hydrogen-bond donors (Lipinski definition) is 3. The third kappa shape index (κ3) is 6.28. The largest absolute Gasteiger partial charge is 0.354 e. The second-order valence-electron chi connectivity index (χ2n) is 11.6. The first-order chi connectivity index (χ1) is 20.8. The van der Waals surface area contributed by atoms with E-state index in [0.29, 0.717) is 25.1 Å². The third-order valence-electron chi connectivity index (χ3n) is 8.84. The van der Waals surface area contributed by atoms with Crippen LogP contribution in [0, 0.1) is 0 Å². The number of hydrazone groups is 1. The molecule has 12 heteroatoms. The summed E-state index contributed by atoms with van der Waals surface area (Å²) in [5, 5.41) is 14.1. The zero-order valence-corrected chi connectivity index (χ0v) is 25.0. The molecule has 1 aromatic heterocycles. The highest BCUT2D eigenvalue weighted by Crippen LogP contribution is 2.29. The highest BCUT2D eigenvalue weighted by Gasteiger charge is 2.38. The number of carbonyl (C=O) groups excluding carboxylic acids is 4. The van der Waals surface area contributed by atoms with Crippen LogP contribution in [-0.4, -0.2) is 75.7 Å². The molecule has 230 valence electrons. The number of hydrogen-bond acceptors (Lipinski definition) is 6. The first-order valence-electron chi connectivity index (χ1n) is 15.5. The fraction of sp³-hybridized carbons (Fsp3) is 0.548. The van der Waals surface area contributed by atoms with Crippen molar-refractivity contribution in [1.82, 2.24) is 30.3 Å². The molecular formula is C31H41N7O5. The normalized spacial score (nSPS) is 21.8. The van der Waals surface area contributed by atoms with Crippen LogP contribution in [0.25, 0.3) is 6.08 Å². The van der Waals surface area contributed by atoms with Gasteiger partial charge in [0.1, 0.15) is 5.69 Å². The van der Waals surface area contributed by atoms with Gasteiger partial charge in [0, 0.05) is 32.8 Å². The average Bonchev–Trinajstić information content (AvgIpc) is 3.72. The Kier molecular flexibility index (Phi) is 9.42. The Morgan fingerprint density at radius 1 is 0.884 bits per heavy atom. The Hall–Kier alpha value is -4.22. The van der Waals surface area contributed by atoms with Gasteiger partial charge in [0.15, 0.2) is 5.71 Å². The van der Waals surface area contributed by atoms with E-state index in [1.54, 1.807) is 27.8 Å². The average molecular weight is 592 g/mol. The molecule has 4 aliphatic rings. The molecule has 3 fully saturated rings. The molecule has 1 saturated heterocycles. The van der Waals surface area contributed by atoms with Crippen LogP contribution in [0.1, 0.15) is 99.1 Å². The lowest BCUT2D eigenvalue weighted by Crippen LogP contribution is -2.35. The van der Waals surface area contributed by atoms with Gasteiger partial charge in [-0.25, -0.2) is 9.69 Å². The number of allylic oxidation sites excluding steroid dienone is 3. The van der Waals surface area contributed by atoms with Gasteiger partial charge in [-0.15, -0.1) is 0 Å². The Bertz CT molecular complexity index is 1450. The number of carbonyl (C=O) groups is 4. The van der Waals surface area contributed by atoms with E-state index in [-0.39, 0.29) is 52.0 Å². The third-order valence-corrected chi connectivity index (χ3v) is 8.84. The van der Waals surface area contributed by atoms with Crippen molar-refractivity contribution >= 4 is 35.4 Å². The standard InChI is InChI=1S/C31H41N7O5/c1-32-28(40)26-23(30(42)37(34-26)21-10-5-3-6-11-21)17-15-20(36-19-9-14-25(36)39)16-18-24-27(29(41)33-2)35-38(31(24)43)22-12-7-4-8-13-22/h15-18,21-22,34H,3-14,19H2,1-2H3,(H,32,40)(H,33,41)/b17-15+,20-16-,24-18+. The monoisotopic (exact) mass is 591 g/mol. The summed E-state index contributed by atoms with van der Waals surface area (Å²) in [5.41, 5.74) is 0.687. The summed E-state index contributed by atoms with van der Waals surface area (Å²) in [4.78, 5) is 66.9. The first kappa shape index (κ1) is 30.2. The lowest BCUT2D eigenvalue weighted by atomic mass is 9.95. The van der Waals surface area contributed by atoms with Crippen molar-refractivity contribution < 1.29 is 19.2 Å². The molecule has 2 saturated carbocycles. The predicted octanol–water partition coefficient (Wildman–Crippen LogP) is 2.76. The molecule has 5 rings (SSSR count). The zero-order valence-electron chi connectivity index (χ0n) is 25.0. The molecule has 0 radical (unpaired) electrons. The lowest BCUT2D eigenvalue weighted by Gasteiger charge is -2.27. The van der Waals surface area contributed by atoms with Gasteiger partial charge in [-0.1, -0.05) is 38.5 Å². The smallest absolute Gasteiger partial charge is 0.276 e. The van der Waals surface area contributed by atoms with E-state index >= 15 is 0 Å². The maximum atomic E-state index is 13.5. The number of aromatic amines is 1. The molecule has 0 unspecified atom stereocenters. The van der Waals surface area contributed by atoms with Crippen LogP contribution in [-0.2, 0) is 14.4 Å². The van der Waals surface area contributed by atoms with E-state index in [4.69, 9.17) is 0 Å². The van der Waals surface area contributed by atoms with Crippen molar-refractivity contribution in [2.24, 2.45) is 5.10 Å². The van der Waals surface area contributed by atoms with Crippen molar-refractivity contribution in [2.75, 3.05) is 20.6 Å². The summed E-state index contributed by atoms with van der Waals surface area (Å²) in [6.07, 6.45) is 17.0. The van der Waals surface area contributed by atoms with Crippen LogP contribution in [0.15, 0.2) is 39.4 Å². The van der Waals surface area contributed by atoms with E-state index in [1.165, 1.54) is 25.2 Å². The molecule has 2 aliphatic carbocycles. The van der Waals surface area contributed by atoms with Gasteiger partial charge in [0.05, 0.1) is 23.2 Å². The Morgan fingerprint density at radius 2 is 1.53 bits per heavy atom. The molecular weight excluding hydrogens is 550 g/mol. The van der Waals surface area contributed by atoms with Gasteiger partial charge in [-0.05, 0) is 56.4 Å². The Balaban J connectivity index is 1.52. The second-order valence-corrected chi connectivity index (χ2v) is 11.6. The van der Waals surface area contributed by atoms with Crippen LogP contribution < -0.4 is 16.2 Å². The van der Waals surface area contributed by atoms with Gasteiger partial charge in [0.2, 0.25) is 5.91 Å². The Morgan fingerprint density at radius 3 is 2.14 bits per heavy atom. The van der Waals surface area contributed by atoms with E-state index in [2.05, 4.69) is 20.8 Å². The summed E-state index contributed by atoms with van der Waals surface area (Å²) >= 11 is 0. The highest BCUT2D eigenvalue weighted by atomic mass is 16.2. The first-order valence-corrected chi connectivity index (χ1v) is 15.5. The number of amides is 4. The van der Waals surface area contributed by atoms with Crippen molar-refractivity contribution in [2.45, 2.75) is 89.1 Å². The van der Waals surface area contributed by atoms with Crippen LogP contribution in [0.3, 0.4) is 0 Å². The number of nitrogens with zero attached hydrogens (tertiary/aromatic N) is 4. The van der Waals surface area contributed by atoms with Gasteiger partial charge >= 0.3 is 0 Å². The molecule has 0 aromatic carbocycles. The van der Waals surface area contributed by atoms with Crippen LogP contribution in [0.2, 0.25) is 0 Å². The Labute approximate surface area is 250 Å². The molecule has 12 nitrogen and oxygen atoms in total. The maximum Gasteiger partial charge on any atom is 0.276 e. The van der Waals surface area contributed by atoms with Gasteiger partial charge in [-0.3, -0.25) is 29.1 Å². The summed E-state index contributed by atoms with van der Waals surface area (Å²) < 4.78 is 1.55. The van der Waals surface area contributed by atoms with E-state index in [1.807, 2.05) is 0 Å². The molecule has 0 bridgehead atoms. The van der Waals surface area contributed by atoms with E-state index in [0.717, 1.165) is 64.2 Å². The van der Waals surface area contributed by atoms with E-state index in [9.17, 15) is 24.0 Å². The molecule has 3 heterocycles. The second kappa shape index (κ2) is 13.4. The minimum atomic E-state index is -0.466. The highest BCUT2D eigenvalue weighted by molar-refractivity contribution is 6.52. The minimum Gasteiger partial charge on any atom is -0.354 e. The quantitative estimate of drug-likeness (QED) is 0.314. The maximum absolute atomic E-state index is 13.5. The molecule has 0 spiro atoms. The predicted molar refractivity (Wildman–Crippen MR) is 162 cm³/mol. The molecule has 4 amide bonds. The minimum absolute atomic E-state index is 0.00498. The summed E-state index contributed by atoms with van der Waals surface area (Å²) in [6.45, 7) is 0.471. The van der Waals surface area contributed by atoms with Crippen molar-refractivity contribution in [3.05, 3.63) is 51.1 Å². The van der Waals surface area contributed by atoms with Crippen LogP contribution in [0.5, 0.6) is 0 Å². The number of H-pyrrole nitrogens is 1.